The molecule has 0 saturated heterocycles. The van der Waals surface area contributed by atoms with E-state index in [2.05, 4.69) is 6.92 Å². The van der Waals surface area contributed by atoms with Crippen molar-refractivity contribution in [2.75, 3.05) is 0 Å². The number of allylic oxidation sites excluding steroid dienone is 2. The van der Waals surface area contributed by atoms with Gasteiger partial charge in [0.1, 0.15) is 11.6 Å². The van der Waals surface area contributed by atoms with E-state index in [1.54, 1.807) is 0 Å². The highest BCUT2D eigenvalue weighted by Crippen LogP contribution is 2.46. The Morgan fingerprint density at radius 2 is 1.79 bits per heavy atom. The van der Waals surface area contributed by atoms with Crippen LogP contribution in [0.2, 0.25) is 0 Å². The molecule has 2 aliphatic carbocycles. The van der Waals surface area contributed by atoms with Crippen LogP contribution in [-0.2, 0) is 9.59 Å². The second-order valence-electron chi connectivity index (χ2n) is 4.73. The van der Waals surface area contributed by atoms with Crippen LogP contribution in [0.3, 0.4) is 0 Å². The van der Waals surface area contributed by atoms with Gasteiger partial charge >= 0.3 is 0 Å². The quantitative estimate of drug-likeness (QED) is 0.552. The van der Waals surface area contributed by atoms with Crippen molar-refractivity contribution in [2.24, 2.45) is 5.41 Å². The Hall–Kier alpha value is -0.920. The van der Waals surface area contributed by atoms with E-state index in [1.807, 2.05) is 6.92 Å². The first kappa shape index (κ1) is 9.63. The van der Waals surface area contributed by atoms with Crippen molar-refractivity contribution in [1.29, 1.82) is 0 Å². The van der Waals surface area contributed by atoms with Gasteiger partial charge in [-0.3, -0.25) is 9.59 Å². The molecule has 76 valence electrons. The molecule has 0 aromatic rings. The lowest BCUT2D eigenvalue weighted by molar-refractivity contribution is -0.129. The molecule has 0 aromatic heterocycles. The number of fused-ring (bicyclic) bond motifs is 1. The van der Waals surface area contributed by atoms with E-state index in [-0.39, 0.29) is 11.6 Å². The molecule has 0 aliphatic heterocycles. The fourth-order valence-electron chi connectivity index (χ4n) is 2.81. The topological polar surface area (TPSA) is 34.1 Å². The van der Waals surface area contributed by atoms with Crippen LogP contribution in [-0.4, -0.2) is 11.6 Å². The monoisotopic (exact) mass is 192 g/mol. The normalized spacial score (nSPS) is 33.3. The van der Waals surface area contributed by atoms with Crippen LogP contribution in [0.5, 0.6) is 0 Å². The molecule has 2 aliphatic rings. The van der Waals surface area contributed by atoms with Crippen LogP contribution in [0.25, 0.3) is 0 Å². The Kier molecular flexibility index (Phi) is 2.09. The summed E-state index contributed by atoms with van der Waals surface area (Å²) in [6.07, 6.45) is 3.44. The number of hydrogen-bond acceptors (Lipinski definition) is 2. The van der Waals surface area contributed by atoms with Crippen LogP contribution in [0.15, 0.2) is 11.1 Å². The average molecular weight is 192 g/mol. The highest BCUT2D eigenvalue weighted by atomic mass is 16.1. The first-order valence-corrected chi connectivity index (χ1v) is 5.28. The molecular formula is C12H16O2. The van der Waals surface area contributed by atoms with Gasteiger partial charge in [0.2, 0.25) is 0 Å². The van der Waals surface area contributed by atoms with E-state index >= 15 is 0 Å². The number of rotatable bonds is 0. The first-order valence-electron chi connectivity index (χ1n) is 5.28. The molecule has 2 heteroatoms. The zero-order chi connectivity index (χ0) is 10.3. The molecule has 0 aromatic carbocycles. The third kappa shape index (κ3) is 1.24. The van der Waals surface area contributed by atoms with Crippen molar-refractivity contribution in [3.05, 3.63) is 11.1 Å². The Morgan fingerprint density at radius 3 is 2.50 bits per heavy atom. The van der Waals surface area contributed by atoms with E-state index in [0.717, 1.165) is 12.8 Å². The standard InChI is InChI=1S/C12H16O2/c1-8-3-4-9(13)7-12(2)10(8)5-6-11(12)14/h3-7H2,1-2H3/t12-/m0/s1. The minimum atomic E-state index is -0.433. The van der Waals surface area contributed by atoms with E-state index in [1.165, 1.54) is 11.1 Å². The Labute approximate surface area is 84.4 Å². The van der Waals surface area contributed by atoms with Crippen LogP contribution in [0.1, 0.15) is 46.0 Å². The molecule has 2 rings (SSSR count). The number of Topliss-reactive ketones (excluding diaryl/α,β-unsaturated/α-hetero) is 2. The van der Waals surface area contributed by atoms with E-state index < -0.39 is 5.41 Å². The van der Waals surface area contributed by atoms with Gasteiger partial charge in [0.05, 0.1) is 5.41 Å². The van der Waals surface area contributed by atoms with Crippen molar-refractivity contribution in [2.45, 2.75) is 46.0 Å². The summed E-state index contributed by atoms with van der Waals surface area (Å²) in [6, 6.07) is 0. The lowest BCUT2D eigenvalue weighted by Crippen LogP contribution is -2.26. The maximum Gasteiger partial charge on any atom is 0.143 e. The maximum atomic E-state index is 11.8. The SMILES string of the molecule is CC1=C2CCC(=O)[C@@]2(C)CC(=O)CC1. The summed E-state index contributed by atoms with van der Waals surface area (Å²) in [5.74, 6) is 0.513. The van der Waals surface area contributed by atoms with E-state index in [9.17, 15) is 9.59 Å². The second-order valence-corrected chi connectivity index (χ2v) is 4.73. The van der Waals surface area contributed by atoms with Crippen molar-refractivity contribution in [1.82, 2.24) is 0 Å². The van der Waals surface area contributed by atoms with Crippen molar-refractivity contribution >= 4 is 11.6 Å². The summed E-state index contributed by atoms with van der Waals surface area (Å²) < 4.78 is 0. The van der Waals surface area contributed by atoms with Crippen molar-refractivity contribution < 1.29 is 9.59 Å². The zero-order valence-corrected chi connectivity index (χ0v) is 8.85. The average Bonchev–Trinajstić information content (AvgIpc) is 2.33. The number of carbonyl (C=O) groups excluding carboxylic acids is 2. The van der Waals surface area contributed by atoms with Crippen LogP contribution >= 0.6 is 0 Å². The van der Waals surface area contributed by atoms with Gasteiger partial charge in [0.25, 0.3) is 0 Å². The molecule has 1 fully saturated rings. The van der Waals surface area contributed by atoms with Gasteiger partial charge in [-0.2, -0.15) is 0 Å². The molecule has 0 unspecified atom stereocenters. The highest BCUT2D eigenvalue weighted by molar-refractivity contribution is 5.96. The van der Waals surface area contributed by atoms with Gasteiger partial charge < -0.3 is 0 Å². The van der Waals surface area contributed by atoms with E-state index in [0.29, 0.717) is 19.3 Å². The minimum Gasteiger partial charge on any atom is -0.300 e. The lowest BCUT2D eigenvalue weighted by atomic mass is 9.79. The zero-order valence-electron chi connectivity index (χ0n) is 8.85. The molecule has 0 radical (unpaired) electrons. The molecule has 0 N–H and O–H groups in total. The largest absolute Gasteiger partial charge is 0.300 e. The Morgan fingerprint density at radius 1 is 1.07 bits per heavy atom. The van der Waals surface area contributed by atoms with Crippen LogP contribution in [0.4, 0.5) is 0 Å². The van der Waals surface area contributed by atoms with Gasteiger partial charge in [-0.25, -0.2) is 0 Å². The third-order valence-corrected chi connectivity index (χ3v) is 3.73. The number of ketones is 2. The molecule has 0 amide bonds. The van der Waals surface area contributed by atoms with Gasteiger partial charge in [0, 0.05) is 19.3 Å². The third-order valence-electron chi connectivity index (χ3n) is 3.73. The van der Waals surface area contributed by atoms with Gasteiger partial charge in [-0.05, 0) is 26.7 Å². The molecule has 0 spiro atoms. The van der Waals surface area contributed by atoms with Gasteiger partial charge in [-0.15, -0.1) is 0 Å². The summed E-state index contributed by atoms with van der Waals surface area (Å²) in [5.41, 5.74) is 2.11. The van der Waals surface area contributed by atoms with Crippen molar-refractivity contribution in [3.63, 3.8) is 0 Å². The van der Waals surface area contributed by atoms with Crippen molar-refractivity contribution in [3.8, 4) is 0 Å². The summed E-state index contributed by atoms with van der Waals surface area (Å²) in [6.45, 7) is 4.02. The molecule has 0 heterocycles. The molecule has 2 nitrogen and oxygen atoms in total. The predicted molar refractivity (Wildman–Crippen MR) is 53.9 cm³/mol. The number of carbonyl (C=O) groups is 2. The van der Waals surface area contributed by atoms with Gasteiger partial charge in [0.15, 0.2) is 0 Å². The Bertz CT molecular complexity index is 338. The van der Waals surface area contributed by atoms with Crippen LogP contribution in [0, 0.1) is 5.41 Å². The van der Waals surface area contributed by atoms with E-state index in [4.69, 9.17) is 0 Å². The Balaban J connectivity index is 2.47. The second kappa shape index (κ2) is 3.04. The number of hydrogen-bond donors (Lipinski definition) is 0. The molecule has 14 heavy (non-hydrogen) atoms. The fraction of sp³-hybridized carbons (Fsp3) is 0.667. The molecule has 1 saturated carbocycles. The molecule has 0 bridgehead atoms. The van der Waals surface area contributed by atoms with Gasteiger partial charge in [-0.1, -0.05) is 11.1 Å². The van der Waals surface area contributed by atoms with Crippen LogP contribution < -0.4 is 0 Å². The summed E-state index contributed by atoms with van der Waals surface area (Å²) in [7, 11) is 0. The first-order chi connectivity index (χ1) is 6.54. The summed E-state index contributed by atoms with van der Waals surface area (Å²) in [4.78, 5) is 23.3. The highest BCUT2D eigenvalue weighted by Gasteiger charge is 2.44. The molecule has 1 atom stereocenters. The maximum absolute atomic E-state index is 11.8. The lowest BCUT2D eigenvalue weighted by Gasteiger charge is -2.22. The smallest absolute Gasteiger partial charge is 0.143 e. The predicted octanol–water partition coefficient (Wildman–Crippen LogP) is 2.43. The fourth-order valence-corrected chi connectivity index (χ4v) is 2.81. The summed E-state index contributed by atoms with van der Waals surface area (Å²) in [5, 5.41) is 0. The molecular weight excluding hydrogens is 176 g/mol. The minimum absolute atomic E-state index is 0.247. The summed E-state index contributed by atoms with van der Waals surface area (Å²) >= 11 is 0.